The van der Waals surface area contributed by atoms with Crippen molar-refractivity contribution in [2.45, 2.75) is 39.0 Å². The number of aromatic nitrogens is 2. The lowest BCUT2D eigenvalue weighted by Gasteiger charge is -2.10. The zero-order valence-corrected chi connectivity index (χ0v) is 11.8. The fraction of sp³-hybridized carbons (Fsp3) is 0.400. The van der Waals surface area contributed by atoms with Crippen molar-refractivity contribution in [2.75, 3.05) is 0 Å². The van der Waals surface area contributed by atoms with E-state index in [4.69, 9.17) is 4.42 Å². The Hall–Kier alpha value is -2.17. The number of carboxylic acids is 1. The van der Waals surface area contributed by atoms with Gasteiger partial charge >= 0.3 is 5.97 Å². The van der Waals surface area contributed by atoms with E-state index in [0.717, 1.165) is 5.56 Å². The molecule has 0 aliphatic heterocycles. The number of rotatable bonds is 5. The van der Waals surface area contributed by atoms with Crippen LogP contribution in [-0.2, 0) is 11.2 Å². The van der Waals surface area contributed by atoms with Gasteiger partial charge in [0.2, 0.25) is 11.8 Å². The largest absolute Gasteiger partial charge is 0.481 e. The van der Waals surface area contributed by atoms with Crippen LogP contribution in [0.1, 0.15) is 48.6 Å². The van der Waals surface area contributed by atoms with Crippen molar-refractivity contribution in [3.63, 3.8) is 0 Å². The Morgan fingerprint density at radius 2 is 1.90 bits per heavy atom. The summed E-state index contributed by atoms with van der Waals surface area (Å²) >= 11 is 0. The minimum atomic E-state index is -0.957. The fourth-order valence-corrected chi connectivity index (χ4v) is 2.01. The lowest BCUT2D eigenvalue weighted by atomic mass is 9.96. The number of aryl methyl sites for hydroxylation is 1. The molecule has 0 aliphatic carbocycles. The fourth-order valence-electron chi connectivity index (χ4n) is 2.01. The van der Waals surface area contributed by atoms with Crippen molar-refractivity contribution in [3.8, 4) is 0 Å². The van der Waals surface area contributed by atoms with Crippen LogP contribution in [0.3, 0.4) is 0 Å². The molecule has 1 atom stereocenters. The number of carboxylic acid groups (broad SMARTS) is 1. The van der Waals surface area contributed by atoms with Gasteiger partial charge in [-0.1, -0.05) is 38.1 Å². The van der Waals surface area contributed by atoms with Crippen LogP contribution in [-0.4, -0.2) is 21.3 Å². The Balaban J connectivity index is 2.18. The molecule has 1 N–H and O–H groups in total. The molecule has 2 rings (SSSR count). The molecular formula is C15H18N2O3. The van der Waals surface area contributed by atoms with Crippen LogP contribution >= 0.6 is 0 Å². The van der Waals surface area contributed by atoms with Gasteiger partial charge in [0.15, 0.2) is 0 Å². The van der Waals surface area contributed by atoms with E-state index >= 15 is 0 Å². The first-order chi connectivity index (χ1) is 9.47. The van der Waals surface area contributed by atoms with E-state index in [1.165, 1.54) is 5.56 Å². The summed E-state index contributed by atoms with van der Waals surface area (Å²) in [6, 6.07) is 7.96. The van der Waals surface area contributed by atoms with Gasteiger partial charge in [-0.05, 0) is 23.5 Å². The summed E-state index contributed by atoms with van der Waals surface area (Å²) in [5.41, 5.74) is 2.17. The third-order valence-corrected chi connectivity index (χ3v) is 3.22. The Bertz CT molecular complexity index is 587. The Labute approximate surface area is 117 Å². The van der Waals surface area contributed by atoms with Crippen LogP contribution in [0.25, 0.3) is 0 Å². The first-order valence-electron chi connectivity index (χ1n) is 6.59. The quantitative estimate of drug-likeness (QED) is 0.907. The second kappa shape index (κ2) is 5.86. The van der Waals surface area contributed by atoms with Crippen molar-refractivity contribution in [1.29, 1.82) is 0 Å². The van der Waals surface area contributed by atoms with Crippen LogP contribution in [0.4, 0.5) is 0 Å². The predicted molar refractivity (Wildman–Crippen MR) is 73.6 cm³/mol. The van der Waals surface area contributed by atoms with E-state index in [2.05, 4.69) is 24.0 Å². The van der Waals surface area contributed by atoms with Crippen LogP contribution in [0.5, 0.6) is 0 Å². The first kappa shape index (κ1) is 14.2. The summed E-state index contributed by atoms with van der Waals surface area (Å²) < 4.78 is 5.24. The number of hydrogen-bond donors (Lipinski definition) is 1. The molecule has 106 valence electrons. The molecular weight excluding hydrogens is 256 g/mol. The second-order valence-electron chi connectivity index (χ2n) is 5.15. The molecule has 20 heavy (non-hydrogen) atoms. The molecule has 5 nitrogen and oxygen atoms in total. The molecule has 0 bridgehead atoms. The van der Waals surface area contributed by atoms with Gasteiger partial charge in [-0.3, -0.25) is 4.79 Å². The molecule has 2 aromatic rings. The van der Waals surface area contributed by atoms with E-state index in [0.29, 0.717) is 18.2 Å². The maximum Gasteiger partial charge on any atom is 0.316 e. The van der Waals surface area contributed by atoms with E-state index in [9.17, 15) is 9.90 Å². The average molecular weight is 274 g/mol. The molecule has 0 saturated carbocycles. The maximum absolute atomic E-state index is 11.4. The molecule has 1 heterocycles. The topological polar surface area (TPSA) is 76.2 Å². The van der Waals surface area contributed by atoms with E-state index < -0.39 is 11.9 Å². The summed E-state index contributed by atoms with van der Waals surface area (Å²) in [6.45, 7) is 5.89. The van der Waals surface area contributed by atoms with E-state index in [1.807, 2.05) is 24.3 Å². The lowest BCUT2D eigenvalue weighted by molar-refractivity contribution is -0.139. The Morgan fingerprint density at radius 3 is 2.35 bits per heavy atom. The van der Waals surface area contributed by atoms with Gasteiger partial charge in [-0.25, -0.2) is 0 Å². The summed E-state index contributed by atoms with van der Waals surface area (Å²) in [5, 5.41) is 16.8. The third kappa shape index (κ3) is 3.23. The van der Waals surface area contributed by atoms with Crippen LogP contribution in [0.15, 0.2) is 28.7 Å². The SMILES string of the molecule is Cc1nnc(C(Cc2ccc(C(C)C)cc2)C(=O)O)o1. The minimum Gasteiger partial charge on any atom is -0.481 e. The van der Waals surface area contributed by atoms with Crippen LogP contribution < -0.4 is 0 Å². The molecule has 0 saturated heterocycles. The molecule has 0 amide bonds. The molecule has 1 aromatic heterocycles. The van der Waals surface area contributed by atoms with Crippen LogP contribution in [0, 0.1) is 6.92 Å². The monoisotopic (exact) mass is 274 g/mol. The van der Waals surface area contributed by atoms with Gasteiger partial charge in [0.25, 0.3) is 0 Å². The van der Waals surface area contributed by atoms with Gasteiger partial charge in [0, 0.05) is 6.92 Å². The van der Waals surface area contributed by atoms with Crippen molar-refractivity contribution in [2.24, 2.45) is 0 Å². The van der Waals surface area contributed by atoms with E-state index in [1.54, 1.807) is 6.92 Å². The van der Waals surface area contributed by atoms with Gasteiger partial charge in [-0.15, -0.1) is 10.2 Å². The van der Waals surface area contributed by atoms with Gasteiger partial charge in [0.05, 0.1) is 0 Å². The molecule has 0 aliphatic rings. The number of benzene rings is 1. The highest BCUT2D eigenvalue weighted by molar-refractivity contribution is 5.75. The molecule has 1 aromatic carbocycles. The van der Waals surface area contributed by atoms with Crippen molar-refractivity contribution >= 4 is 5.97 Å². The zero-order chi connectivity index (χ0) is 14.7. The Morgan fingerprint density at radius 1 is 1.25 bits per heavy atom. The lowest BCUT2D eigenvalue weighted by Crippen LogP contribution is -2.15. The molecule has 0 fully saturated rings. The molecule has 5 heteroatoms. The zero-order valence-electron chi connectivity index (χ0n) is 11.8. The highest BCUT2D eigenvalue weighted by Crippen LogP contribution is 2.22. The normalized spacial score (nSPS) is 12.6. The number of carbonyl (C=O) groups is 1. The highest BCUT2D eigenvalue weighted by atomic mass is 16.4. The average Bonchev–Trinajstić information content (AvgIpc) is 2.82. The predicted octanol–water partition coefficient (Wildman–Crippen LogP) is 2.91. The highest BCUT2D eigenvalue weighted by Gasteiger charge is 2.26. The molecule has 0 spiro atoms. The third-order valence-electron chi connectivity index (χ3n) is 3.22. The number of hydrogen-bond acceptors (Lipinski definition) is 4. The molecule has 0 radical (unpaired) electrons. The standard InChI is InChI=1S/C15H18N2O3/c1-9(2)12-6-4-11(5-7-12)8-13(15(18)19)14-17-16-10(3)20-14/h4-7,9,13H,8H2,1-3H3,(H,18,19). The summed E-state index contributed by atoms with van der Waals surface area (Å²) in [7, 11) is 0. The summed E-state index contributed by atoms with van der Waals surface area (Å²) in [6.07, 6.45) is 0.343. The van der Waals surface area contributed by atoms with Crippen molar-refractivity contribution in [3.05, 3.63) is 47.2 Å². The summed E-state index contributed by atoms with van der Waals surface area (Å²) in [5.74, 6) is -0.773. The van der Waals surface area contributed by atoms with Gasteiger partial charge < -0.3 is 9.52 Å². The summed E-state index contributed by atoms with van der Waals surface area (Å²) in [4.78, 5) is 11.4. The maximum atomic E-state index is 11.4. The second-order valence-corrected chi connectivity index (χ2v) is 5.15. The van der Waals surface area contributed by atoms with Gasteiger partial charge in [0.1, 0.15) is 5.92 Å². The van der Waals surface area contributed by atoms with Crippen molar-refractivity contribution in [1.82, 2.24) is 10.2 Å². The first-order valence-corrected chi connectivity index (χ1v) is 6.59. The number of nitrogens with zero attached hydrogens (tertiary/aromatic N) is 2. The smallest absolute Gasteiger partial charge is 0.316 e. The van der Waals surface area contributed by atoms with Gasteiger partial charge in [-0.2, -0.15) is 0 Å². The minimum absolute atomic E-state index is 0.155. The Kier molecular flexibility index (Phi) is 4.17. The van der Waals surface area contributed by atoms with Crippen LogP contribution in [0.2, 0.25) is 0 Å². The molecule has 1 unspecified atom stereocenters. The van der Waals surface area contributed by atoms with Crippen molar-refractivity contribution < 1.29 is 14.3 Å². The van der Waals surface area contributed by atoms with E-state index in [-0.39, 0.29) is 5.89 Å². The number of aliphatic carboxylic acids is 1.